The minimum Gasteiger partial charge on any atom is -0.489 e. The molecule has 134 valence electrons. The van der Waals surface area contributed by atoms with Gasteiger partial charge in [-0.3, -0.25) is 0 Å². The smallest absolute Gasteiger partial charge is 0.170 e. The maximum atomic E-state index is 13.4. The average molecular weight is 407 g/mol. The second kappa shape index (κ2) is 6.64. The maximum absolute atomic E-state index is 13.4. The monoisotopic (exact) mass is 406 g/mol. The molecule has 0 fully saturated rings. The van der Waals surface area contributed by atoms with Gasteiger partial charge >= 0.3 is 0 Å². The van der Waals surface area contributed by atoms with Crippen LogP contribution in [0.1, 0.15) is 51.7 Å². The van der Waals surface area contributed by atoms with E-state index in [0.29, 0.717) is 12.5 Å². The first-order chi connectivity index (χ1) is 11.7. The zero-order chi connectivity index (χ0) is 18.4. The summed E-state index contributed by atoms with van der Waals surface area (Å²) in [5, 5.41) is 0. The molecule has 4 heteroatoms. The Morgan fingerprint density at radius 2 is 1.88 bits per heavy atom. The van der Waals surface area contributed by atoms with Crippen LogP contribution in [0.5, 0.6) is 11.5 Å². The lowest BCUT2D eigenvalue weighted by Crippen LogP contribution is -2.25. The van der Waals surface area contributed by atoms with E-state index >= 15 is 0 Å². The second-order valence-corrected chi connectivity index (χ2v) is 8.17. The van der Waals surface area contributed by atoms with Gasteiger partial charge in [-0.1, -0.05) is 26.0 Å². The fourth-order valence-electron chi connectivity index (χ4n) is 3.52. The predicted octanol–water partition coefficient (Wildman–Crippen LogP) is 6.49. The van der Waals surface area contributed by atoms with E-state index in [0.717, 1.165) is 33.5 Å². The molecule has 0 aromatic heterocycles. The lowest BCUT2D eigenvalue weighted by atomic mass is 9.88. The van der Waals surface area contributed by atoms with E-state index in [1.807, 2.05) is 6.92 Å². The minimum absolute atomic E-state index is 0.250. The molecular weight excluding hydrogens is 383 g/mol. The van der Waals surface area contributed by atoms with Gasteiger partial charge in [0.1, 0.15) is 11.4 Å². The summed E-state index contributed by atoms with van der Waals surface area (Å²) in [5.41, 5.74) is 4.03. The Morgan fingerprint density at radius 3 is 2.44 bits per heavy atom. The fourth-order valence-corrected chi connectivity index (χ4v) is 4.63. The molecule has 0 atom stereocenters. The van der Waals surface area contributed by atoms with Crippen LogP contribution >= 0.6 is 15.9 Å². The number of benzene rings is 2. The topological polar surface area (TPSA) is 18.5 Å². The Kier molecular flexibility index (Phi) is 4.84. The molecule has 2 nitrogen and oxygen atoms in total. The summed E-state index contributed by atoms with van der Waals surface area (Å²) in [7, 11) is 0. The summed E-state index contributed by atoms with van der Waals surface area (Å²) < 4.78 is 26.7. The summed E-state index contributed by atoms with van der Waals surface area (Å²) in [6, 6.07) is 6.53. The highest BCUT2D eigenvalue weighted by Crippen LogP contribution is 2.54. The number of fused-ring (bicyclic) bond motifs is 1. The van der Waals surface area contributed by atoms with Gasteiger partial charge in [0.15, 0.2) is 11.5 Å². The quantitative estimate of drug-likeness (QED) is 0.577. The summed E-state index contributed by atoms with van der Waals surface area (Å²) >= 11 is 3.82. The Bertz CT molecular complexity index is 795. The first kappa shape index (κ1) is 18.2. The Morgan fingerprint density at radius 1 is 1.24 bits per heavy atom. The third kappa shape index (κ3) is 3.29. The van der Waals surface area contributed by atoms with Crippen molar-refractivity contribution in [2.75, 3.05) is 6.61 Å². The number of rotatable bonds is 4. The first-order valence-corrected chi connectivity index (χ1v) is 9.50. The average Bonchev–Trinajstić information content (AvgIpc) is 2.83. The van der Waals surface area contributed by atoms with Gasteiger partial charge in [0.25, 0.3) is 0 Å². The molecule has 1 heterocycles. The molecule has 0 unspecified atom stereocenters. The van der Waals surface area contributed by atoms with Gasteiger partial charge in [-0.05, 0) is 65.9 Å². The molecule has 0 saturated carbocycles. The van der Waals surface area contributed by atoms with Crippen molar-refractivity contribution >= 4 is 15.9 Å². The molecule has 25 heavy (non-hydrogen) atoms. The van der Waals surface area contributed by atoms with Crippen LogP contribution in [0, 0.1) is 5.82 Å². The van der Waals surface area contributed by atoms with Crippen LogP contribution in [0.3, 0.4) is 0 Å². The molecule has 3 rings (SSSR count). The number of hydrogen-bond acceptors (Lipinski definition) is 2. The molecule has 0 radical (unpaired) electrons. The summed E-state index contributed by atoms with van der Waals surface area (Å²) in [4.78, 5) is 0. The van der Waals surface area contributed by atoms with Crippen LogP contribution < -0.4 is 9.47 Å². The summed E-state index contributed by atoms with van der Waals surface area (Å²) in [5.74, 6) is 1.65. The number of hydrogen-bond donors (Lipinski definition) is 0. The zero-order valence-electron chi connectivity index (χ0n) is 15.4. The normalized spacial score (nSPS) is 15.2. The Labute approximate surface area is 157 Å². The highest BCUT2D eigenvalue weighted by Gasteiger charge is 2.38. The molecule has 1 aliphatic rings. The van der Waals surface area contributed by atoms with Crippen LogP contribution in [0.2, 0.25) is 0 Å². The predicted molar refractivity (Wildman–Crippen MR) is 103 cm³/mol. The minimum atomic E-state index is -0.265. The van der Waals surface area contributed by atoms with E-state index in [4.69, 9.17) is 9.47 Å². The standard InChI is InChI=1S/C21H24BrFO2/c1-6-24-20-17(13-7-9-14(23)10-8-13)18(22)16(12(2)3)15-11-21(4,5)25-19(15)20/h7-10,12H,6,11H2,1-5H3. The van der Waals surface area contributed by atoms with Crippen LogP contribution in [0.25, 0.3) is 11.1 Å². The van der Waals surface area contributed by atoms with E-state index in [1.54, 1.807) is 12.1 Å². The molecule has 0 bridgehead atoms. The molecule has 0 amide bonds. The molecule has 0 saturated heterocycles. The van der Waals surface area contributed by atoms with Gasteiger partial charge in [-0.25, -0.2) is 4.39 Å². The SMILES string of the molecule is CCOc1c2c(c(C(C)C)c(Br)c1-c1ccc(F)cc1)CC(C)(C)O2. The molecule has 0 aliphatic carbocycles. The summed E-state index contributed by atoms with van der Waals surface area (Å²) in [6.45, 7) is 11.1. The Hall–Kier alpha value is -1.55. The van der Waals surface area contributed by atoms with E-state index in [9.17, 15) is 4.39 Å². The molecule has 1 aliphatic heterocycles. The molecular formula is C21H24BrFO2. The van der Waals surface area contributed by atoms with Crippen molar-refractivity contribution in [2.24, 2.45) is 0 Å². The first-order valence-electron chi connectivity index (χ1n) is 8.71. The van der Waals surface area contributed by atoms with Crippen molar-refractivity contribution in [2.45, 2.75) is 52.6 Å². The van der Waals surface area contributed by atoms with Gasteiger partial charge in [0.2, 0.25) is 0 Å². The Balaban J connectivity index is 2.34. The molecule has 2 aromatic rings. The van der Waals surface area contributed by atoms with Crippen molar-refractivity contribution in [3.05, 3.63) is 45.7 Å². The van der Waals surface area contributed by atoms with Gasteiger partial charge in [-0.15, -0.1) is 0 Å². The van der Waals surface area contributed by atoms with Gasteiger partial charge in [0.05, 0.1) is 6.61 Å². The third-order valence-corrected chi connectivity index (χ3v) is 5.29. The molecule has 0 spiro atoms. The van der Waals surface area contributed by atoms with Crippen LogP contribution in [0.4, 0.5) is 4.39 Å². The van der Waals surface area contributed by atoms with Gasteiger partial charge in [0, 0.05) is 22.0 Å². The largest absolute Gasteiger partial charge is 0.489 e. The lowest BCUT2D eigenvalue weighted by Gasteiger charge is -2.22. The van der Waals surface area contributed by atoms with Crippen LogP contribution in [0.15, 0.2) is 28.7 Å². The van der Waals surface area contributed by atoms with Gasteiger partial charge < -0.3 is 9.47 Å². The maximum Gasteiger partial charge on any atom is 0.170 e. The van der Waals surface area contributed by atoms with E-state index in [-0.39, 0.29) is 11.4 Å². The van der Waals surface area contributed by atoms with Crippen molar-refractivity contribution in [3.63, 3.8) is 0 Å². The molecule has 0 N–H and O–H groups in total. The molecule has 2 aromatic carbocycles. The summed E-state index contributed by atoms with van der Waals surface area (Å²) in [6.07, 6.45) is 0.845. The van der Waals surface area contributed by atoms with Crippen molar-refractivity contribution in [1.29, 1.82) is 0 Å². The van der Waals surface area contributed by atoms with Crippen molar-refractivity contribution < 1.29 is 13.9 Å². The van der Waals surface area contributed by atoms with E-state index in [1.165, 1.54) is 23.3 Å². The number of ether oxygens (including phenoxy) is 2. The van der Waals surface area contributed by atoms with Crippen molar-refractivity contribution in [1.82, 2.24) is 0 Å². The van der Waals surface area contributed by atoms with Gasteiger partial charge in [-0.2, -0.15) is 0 Å². The van der Waals surface area contributed by atoms with E-state index < -0.39 is 0 Å². The third-order valence-electron chi connectivity index (χ3n) is 4.47. The lowest BCUT2D eigenvalue weighted by molar-refractivity contribution is 0.132. The highest BCUT2D eigenvalue weighted by molar-refractivity contribution is 9.10. The van der Waals surface area contributed by atoms with Crippen LogP contribution in [-0.4, -0.2) is 12.2 Å². The van der Waals surface area contributed by atoms with Crippen molar-refractivity contribution in [3.8, 4) is 22.6 Å². The number of halogens is 2. The van der Waals surface area contributed by atoms with Crippen LogP contribution in [-0.2, 0) is 6.42 Å². The zero-order valence-corrected chi connectivity index (χ0v) is 17.0. The highest BCUT2D eigenvalue weighted by atomic mass is 79.9. The fraction of sp³-hybridized carbons (Fsp3) is 0.429. The second-order valence-electron chi connectivity index (χ2n) is 7.37. The van der Waals surface area contributed by atoms with E-state index in [2.05, 4.69) is 43.6 Å².